The molecule has 4 nitrogen and oxygen atoms in total. The maximum absolute atomic E-state index is 9.01. The van der Waals surface area contributed by atoms with Crippen molar-refractivity contribution in [3.05, 3.63) is 15.5 Å². The van der Waals surface area contributed by atoms with Crippen LogP contribution in [0.15, 0.2) is 0 Å². The minimum absolute atomic E-state index is 0. The molecule has 6 heavy (non-hydrogen) atoms. The van der Waals surface area contributed by atoms with Crippen LogP contribution in [0.2, 0.25) is 0 Å². The Hall–Kier alpha value is 0.836. The molecule has 0 atom stereocenters. The molecule has 0 amide bonds. The summed E-state index contributed by atoms with van der Waals surface area (Å²) in [5.41, 5.74) is 2.61. The van der Waals surface area contributed by atoms with E-state index in [1.54, 1.807) is 0 Å². The molecule has 0 spiro atoms. The maximum atomic E-state index is 9.01. The first-order chi connectivity index (χ1) is 2.27. The van der Waals surface area contributed by atoms with Gasteiger partial charge in [0, 0.05) is 0 Å². The number of nitrogens with zero attached hydrogens (tertiary/aromatic N) is 2. The Morgan fingerprint density at radius 2 is 2.00 bits per heavy atom. The molecule has 0 radical (unpaired) electrons. The van der Waals surface area contributed by atoms with Gasteiger partial charge < -0.3 is 5.43 Å². The Balaban J connectivity index is 0. The molecule has 0 N–H and O–H groups in total. The van der Waals surface area contributed by atoms with Crippen molar-refractivity contribution in [1.29, 1.82) is 0 Å². The second kappa shape index (κ2) is 5.84. The van der Waals surface area contributed by atoms with E-state index in [0.717, 1.165) is 7.05 Å². The van der Waals surface area contributed by atoms with Crippen LogP contribution < -0.4 is 51.4 Å². The fourth-order valence-electron chi connectivity index (χ4n) is 0. The van der Waals surface area contributed by atoms with E-state index in [2.05, 4.69) is 5.43 Å². The fourth-order valence-corrected chi connectivity index (χ4v) is 0. The van der Waals surface area contributed by atoms with Crippen molar-refractivity contribution in [1.82, 2.24) is 0 Å². The fraction of sp³-hybridized carbons (Fsp3) is 1.00. The Labute approximate surface area is 77.8 Å². The summed E-state index contributed by atoms with van der Waals surface area (Å²) in [6.07, 6.45) is 0. The minimum Gasteiger partial charge on any atom is -0.382 e. The summed E-state index contributed by atoms with van der Waals surface area (Å²) in [7, 11) is 1.12. The summed E-state index contributed by atoms with van der Waals surface area (Å²) in [4.78, 5) is 9.01. The summed E-state index contributed by atoms with van der Waals surface area (Å²) in [6, 6.07) is 0. The molecule has 0 saturated heterocycles. The van der Waals surface area contributed by atoms with E-state index in [0.29, 0.717) is 0 Å². The molecule has 0 aliphatic heterocycles. The Bertz CT molecular complexity index is 46.8. The first kappa shape index (κ1) is 9.96. The topological polar surface area (TPSA) is 57.2 Å². The molecular weight excluding hydrogens is 111 g/mol. The molecule has 0 aromatic heterocycles. The standard InChI is InChI=1S/CH3N2O2.K/c1-2-3(4)5;/h1H3;/q-1;+1. The predicted octanol–water partition coefficient (Wildman–Crippen LogP) is -2.81. The summed E-state index contributed by atoms with van der Waals surface area (Å²) in [5.74, 6) is 0. The third kappa shape index (κ3) is 8.85. The van der Waals surface area contributed by atoms with E-state index in [1.165, 1.54) is 0 Å². The normalized spacial score (nSPS) is 5.50. The SMILES string of the molecule is C[N-][N+](=O)[O-].[K+]. The molecule has 0 rings (SSSR count). The van der Waals surface area contributed by atoms with Crippen molar-refractivity contribution in [2.24, 2.45) is 0 Å². The van der Waals surface area contributed by atoms with Crippen molar-refractivity contribution in [3.63, 3.8) is 0 Å². The zero-order chi connectivity index (χ0) is 4.28. The van der Waals surface area contributed by atoms with Crippen LogP contribution in [-0.4, -0.2) is 12.1 Å². The zero-order valence-corrected chi connectivity index (χ0v) is 6.83. The number of rotatable bonds is 1. The number of hydrogen-bond acceptors (Lipinski definition) is 2. The number of nitro groups is 1. The second-order valence-corrected chi connectivity index (χ2v) is 0.438. The molecule has 5 heteroatoms. The first-order valence-electron chi connectivity index (χ1n) is 1.01. The summed E-state index contributed by atoms with van der Waals surface area (Å²) in [6.45, 7) is 0. The molecule has 0 bridgehead atoms. The van der Waals surface area contributed by atoms with Crippen molar-refractivity contribution < 1.29 is 56.4 Å². The summed E-state index contributed by atoms with van der Waals surface area (Å²) >= 11 is 0. The molecule has 0 heterocycles. The molecule has 0 aliphatic carbocycles. The maximum Gasteiger partial charge on any atom is 1.00 e. The van der Waals surface area contributed by atoms with E-state index >= 15 is 0 Å². The molecule has 0 aromatic carbocycles. The Morgan fingerprint density at radius 1 is 1.83 bits per heavy atom. The second-order valence-electron chi connectivity index (χ2n) is 0.438. The quantitative estimate of drug-likeness (QED) is 0.210. The molecular formula is CH3KN2O2. The van der Waals surface area contributed by atoms with E-state index in [1.807, 2.05) is 0 Å². The third-order valence-corrected chi connectivity index (χ3v) is 0.163. The third-order valence-electron chi connectivity index (χ3n) is 0.163. The van der Waals surface area contributed by atoms with Gasteiger partial charge in [-0.2, -0.15) is 0 Å². The van der Waals surface area contributed by atoms with Crippen molar-refractivity contribution in [2.75, 3.05) is 7.05 Å². The zero-order valence-electron chi connectivity index (χ0n) is 3.71. The van der Waals surface area contributed by atoms with Gasteiger partial charge in [0.25, 0.3) is 0 Å². The average molecular weight is 114 g/mol. The van der Waals surface area contributed by atoms with Crippen LogP contribution in [-0.2, 0) is 0 Å². The molecule has 0 aromatic rings. The monoisotopic (exact) mass is 114 g/mol. The Morgan fingerprint density at radius 3 is 2.00 bits per heavy atom. The summed E-state index contributed by atoms with van der Waals surface area (Å²) in [5, 5.41) is 8.26. The van der Waals surface area contributed by atoms with Gasteiger partial charge in [0.1, 0.15) is 0 Å². The van der Waals surface area contributed by atoms with Crippen LogP contribution in [0, 0.1) is 10.1 Å². The molecule has 0 saturated carbocycles. The van der Waals surface area contributed by atoms with Crippen LogP contribution in [0.1, 0.15) is 0 Å². The van der Waals surface area contributed by atoms with Gasteiger partial charge in [-0.05, 0) is 5.03 Å². The molecule has 0 fully saturated rings. The van der Waals surface area contributed by atoms with Crippen LogP contribution in [0.3, 0.4) is 0 Å². The average Bonchev–Trinajstić information content (AvgIpc) is 1.38. The van der Waals surface area contributed by atoms with Gasteiger partial charge in [0.05, 0.1) is 0 Å². The largest absolute Gasteiger partial charge is 1.00 e. The molecule has 0 aliphatic rings. The van der Waals surface area contributed by atoms with E-state index in [4.69, 9.17) is 10.1 Å². The van der Waals surface area contributed by atoms with Crippen molar-refractivity contribution in [2.45, 2.75) is 0 Å². The molecule has 0 unspecified atom stereocenters. The van der Waals surface area contributed by atoms with Crippen LogP contribution >= 0.6 is 0 Å². The van der Waals surface area contributed by atoms with Crippen molar-refractivity contribution in [3.8, 4) is 0 Å². The van der Waals surface area contributed by atoms with Gasteiger partial charge in [-0.3, -0.25) is 10.1 Å². The smallest absolute Gasteiger partial charge is 0.382 e. The van der Waals surface area contributed by atoms with E-state index in [-0.39, 0.29) is 51.4 Å². The van der Waals surface area contributed by atoms with Gasteiger partial charge in [0.15, 0.2) is 0 Å². The van der Waals surface area contributed by atoms with E-state index < -0.39 is 5.03 Å². The van der Waals surface area contributed by atoms with Gasteiger partial charge >= 0.3 is 51.4 Å². The molecule has 30 valence electrons. The number of hydrogen-bond donors (Lipinski definition) is 0. The van der Waals surface area contributed by atoms with Crippen LogP contribution in [0.25, 0.3) is 5.43 Å². The minimum atomic E-state index is -0.750. The predicted molar refractivity (Wildman–Crippen MR) is 16.3 cm³/mol. The van der Waals surface area contributed by atoms with E-state index in [9.17, 15) is 0 Å². The van der Waals surface area contributed by atoms with Crippen LogP contribution in [0.4, 0.5) is 0 Å². The van der Waals surface area contributed by atoms with Crippen molar-refractivity contribution >= 4 is 0 Å². The van der Waals surface area contributed by atoms with Gasteiger partial charge in [0.2, 0.25) is 0 Å². The van der Waals surface area contributed by atoms with Gasteiger partial charge in [-0.15, -0.1) is 0 Å². The van der Waals surface area contributed by atoms with Gasteiger partial charge in [-0.1, -0.05) is 7.05 Å². The Kier molecular flexibility index (Phi) is 9.68. The van der Waals surface area contributed by atoms with Gasteiger partial charge in [-0.25, -0.2) is 0 Å². The first-order valence-corrected chi connectivity index (χ1v) is 1.01. The summed E-state index contributed by atoms with van der Waals surface area (Å²) < 4.78 is 0. The van der Waals surface area contributed by atoms with Crippen LogP contribution in [0.5, 0.6) is 0 Å².